The van der Waals surface area contributed by atoms with E-state index in [1.165, 1.54) is 29.9 Å². The molecule has 3 nitrogen and oxygen atoms in total. The van der Waals surface area contributed by atoms with Gasteiger partial charge in [0.05, 0.1) is 0 Å². The predicted octanol–water partition coefficient (Wildman–Crippen LogP) is 3.75. The highest BCUT2D eigenvalue weighted by atomic mass is 32.2. The van der Waals surface area contributed by atoms with E-state index in [4.69, 9.17) is 0 Å². The van der Waals surface area contributed by atoms with Gasteiger partial charge in [0.2, 0.25) is 0 Å². The number of thiazole rings is 1. The summed E-state index contributed by atoms with van der Waals surface area (Å²) >= 11 is 3.95. The normalized spacial score (nSPS) is 22.4. The molecule has 1 aromatic heterocycles. The molecule has 0 spiro atoms. The highest BCUT2D eigenvalue weighted by Crippen LogP contribution is 2.30. The van der Waals surface area contributed by atoms with E-state index in [1.807, 2.05) is 17.5 Å². The second-order valence-electron chi connectivity index (χ2n) is 5.19. The summed E-state index contributed by atoms with van der Waals surface area (Å²) in [6.07, 6.45) is 6.13. The van der Waals surface area contributed by atoms with Crippen molar-refractivity contribution in [2.75, 3.05) is 23.7 Å². The molecule has 0 bridgehead atoms. The number of hydrogen-bond acceptors (Lipinski definition) is 5. The first-order valence-corrected chi connectivity index (χ1v) is 9.69. The first-order chi connectivity index (χ1) is 9.78. The fourth-order valence-electron chi connectivity index (χ4n) is 2.82. The number of anilines is 1. The van der Waals surface area contributed by atoms with Crippen molar-refractivity contribution in [3.8, 4) is 0 Å². The first kappa shape index (κ1) is 16.1. The molecule has 0 saturated heterocycles. The lowest BCUT2D eigenvalue weighted by Gasteiger charge is -2.19. The van der Waals surface area contributed by atoms with E-state index < -0.39 is 0 Å². The summed E-state index contributed by atoms with van der Waals surface area (Å²) in [7, 11) is 0. The largest absolute Gasteiger partial charge is 0.349 e. The van der Waals surface area contributed by atoms with Crippen molar-refractivity contribution in [3.63, 3.8) is 0 Å². The van der Waals surface area contributed by atoms with Gasteiger partial charge in [-0.05, 0) is 32.4 Å². The van der Waals surface area contributed by atoms with Crippen LogP contribution in [-0.2, 0) is 6.54 Å². The molecule has 0 amide bonds. The van der Waals surface area contributed by atoms with E-state index in [0.29, 0.717) is 6.04 Å². The number of hydrogen-bond donors (Lipinski definition) is 1. The SMILES string of the molecule is CCSC1CCCC1NCc1cnc(N(CC)CC)s1. The lowest BCUT2D eigenvalue weighted by Crippen LogP contribution is -2.33. The van der Waals surface area contributed by atoms with Crippen molar-refractivity contribution in [2.45, 2.75) is 57.9 Å². The molecule has 0 aromatic carbocycles. The van der Waals surface area contributed by atoms with Crippen LogP contribution in [-0.4, -0.2) is 35.1 Å². The van der Waals surface area contributed by atoms with Gasteiger partial charge < -0.3 is 10.2 Å². The van der Waals surface area contributed by atoms with Gasteiger partial charge in [0.1, 0.15) is 0 Å². The van der Waals surface area contributed by atoms with Crippen molar-refractivity contribution in [1.82, 2.24) is 10.3 Å². The molecule has 1 saturated carbocycles. The van der Waals surface area contributed by atoms with Crippen molar-refractivity contribution in [1.29, 1.82) is 0 Å². The van der Waals surface area contributed by atoms with Gasteiger partial charge in [-0.15, -0.1) is 11.3 Å². The smallest absolute Gasteiger partial charge is 0.185 e. The van der Waals surface area contributed by atoms with Gasteiger partial charge >= 0.3 is 0 Å². The zero-order chi connectivity index (χ0) is 14.4. The molecular formula is C15H27N3S2. The fraction of sp³-hybridized carbons (Fsp3) is 0.800. The van der Waals surface area contributed by atoms with E-state index in [9.17, 15) is 0 Å². The number of aromatic nitrogens is 1. The van der Waals surface area contributed by atoms with Gasteiger partial charge in [-0.2, -0.15) is 11.8 Å². The molecule has 1 N–H and O–H groups in total. The Kier molecular flexibility index (Phi) is 6.65. The third-order valence-corrected chi connectivity index (χ3v) is 6.33. The molecule has 2 atom stereocenters. The van der Waals surface area contributed by atoms with E-state index in [1.54, 1.807) is 0 Å². The molecule has 2 unspecified atom stereocenters. The van der Waals surface area contributed by atoms with E-state index >= 15 is 0 Å². The molecule has 1 fully saturated rings. The van der Waals surface area contributed by atoms with Gasteiger partial charge in [0.15, 0.2) is 5.13 Å². The Bertz CT molecular complexity index is 390. The van der Waals surface area contributed by atoms with Crippen molar-refractivity contribution in [3.05, 3.63) is 11.1 Å². The molecule has 20 heavy (non-hydrogen) atoms. The molecule has 1 aliphatic rings. The lowest BCUT2D eigenvalue weighted by atomic mass is 10.2. The second kappa shape index (κ2) is 8.25. The summed E-state index contributed by atoms with van der Waals surface area (Å²) in [5.41, 5.74) is 0. The summed E-state index contributed by atoms with van der Waals surface area (Å²) in [6, 6.07) is 0.693. The predicted molar refractivity (Wildman–Crippen MR) is 92.1 cm³/mol. The van der Waals surface area contributed by atoms with Gasteiger partial charge in [-0.1, -0.05) is 13.3 Å². The van der Waals surface area contributed by atoms with Crippen LogP contribution in [0.2, 0.25) is 0 Å². The van der Waals surface area contributed by atoms with Gasteiger partial charge in [-0.25, -0.2) is 4.98 Å². The fourth-order valence-corrected chi connectivity index (χ4v) is 5.04. The van der Waals surface area contributed by atoms with Gasteiger partial charge in [-0.3, -0.25) is 0 Å². The zero-order valence-corrected chi connectivity index (χ0v) is 14.5. The Balaban J connectivity index is 1.85. The third kappa shape index (κ3) is 4.12. The van der Waals surface area contributed by atoms with Crippen LogP contribution in [0.4, 0.5) is 5.13 Å². The minimum Gasteiger partial charge on any atom is -0.349 e. The Morgan fingerprint density at radius 3 is 2.85 bits per heavy atom. The number of nitrogens with zero attached hydrogens (tertiary/aromatic N) is 2. The maximum atomic E-state index is 4.56. The van der Waals surface area contributed by atoms with E-state index in [-0.39, 0.29) is 0 Å². The molecular weight excluding hydrogens is 286 g/mol. The van der Waals surface area contributed by atoms with Crippen molar-refractivity contribution >= 4 is 28.2 Å². The Labute approximate surface area is 131 Å². The first-order valence-electron chi connectivity index (χ1n) is 7.83. The Hall–Kier alpha value is -0.260. The molecule has 1 aromatic rings. The topological polar surface area (TPSA) is 28.2 Å². The van der Waals surface area contributed by atoms with Gasteiger partial charge in [0.25, 0.3) is 0 Å². The van der Waals surface area contributed by atoms with E-state index in [2.05, 4.69) is 47.7 Å². The third-order valence-electron chi connectivity index (χ3n) is 3.95. The summed E-state index contributed by atoms with van der Waals surface area (Å²) in [6.45, 7) is 9.69. The standard InChI is InChI=1S/C15H27N3S2/c1-4-18(5-2)15-17-11-12(20-15)10-16-13-8-7-9-14(13)19-6-3/h11,13-14,16H,4-10H2,1-3H3. The number of nitrogens with one attached hydrogen (secondary N) is 1. The van der Waals surface area contributed by atoms with Crippen molar-refractivity contribution in [2.24, 2.45) is 0 Å². The number of rotatable bonds is 8. The molecule has 0 aliphatic heterocycles. The summed E-state index contributed by atoms with van der Waals surface area (Å²) in [4.78, 5) is 8.24. The highest BCUT2D eigenvalue weighted by Gasteiger charge is 2.26. The molecule has 1 heterocycles. The van der Waals surface area contributed by atoms with Crippen LogP contribution in [0.25, 0.3) is 0 Å². The van der Waals surface area contributed by atoms with Crippen LogP contribution in [0.15, 0.2) is 6.20 Å². The quantitative estimate of drug-likeness (QED) is 0.791. The Morgan fingerprint density at radius 1 is 1.35 bits per heavy atom. The van der Waals surface area contributed by atoms with Gasteiger partial charge in [0, 0.05) is 42.0 Å². The molecule has 5 heteroatoms. The van der Waals surface area contributed by atoms with E-state index in [0.717, 1.165) is 30.0 Å². The van der Waals surface area contributed by atoms with Crippen LogP contribution >= 0.6 is 23.1 Å². The maximum absolute atomic E-state index is 4.56. The summed E-state index contributed by atoms with van der Waals surface area (Å²) in [5.74, 6) is 1.23. The average molecular weight is 314 g/mol. The minimum absolute atomic E-state index is 0.693. The number of thioether (sulfide) groups is 1. The second-order valence-corrected chi connectivity index (χ2v) is 7.80. The molecule has 0 radical (unpaired) electrons. The Morgan fingerprint density at radius 2 is 2.15 bits per heavy atom. The van der Waals surface area contributed by atoms with Crippen LogP contribution in [0.1, 0.15) is 44.9 Å². The van der Waals surface area contributed by atoms with Crippen LogP contribution < -0.4 is 10.2 Å². The monoisotopic (exact) mass is 313 g/mol. The molecule has 1 aliphatic carbocycles. The maximum Gasteiger partial charge on any atom is 0.185 e. The molecule has 114 valence electrons. The van der Waals surface area contributed by atoms with Crippen LogP contribution in [0.3, 0.4) is 0 Å². The average Bonchev–Trinajstić information content (AvgIpc) is 3.08. The lowest BCUT2D eigenvalue weighted by molar-refractivity contribution is 0.535. The van der Waals surface area contributed by atoms with Crippen molar-refractivity contribution < 1.29 is 0 Å². The highest BCUT2D eigenvalue weighted by molar-refractivity contribution is 7.99. The zero-order valence-electron chi connectivity index (χ0n) is 12.9. The summed E-state index contributed by atoms with van der Waals surface area (Å²) < 4.78 is 0. The van der Waals surface area contributed by atoms with Crippen LogP contribution in [0.5, 0.6) is 0 Å². The summed E-state index contributed by atoms with van der Waals surface area (Å²) in [5, 5.41) is 5.73. The molecule has 2 rings (SSSR count). The van der Waals surface area contributed by atoms with Crippen LogP contribution in [0, 0.1) is 0 Å². The minimum atomic E-state index is 0.693.